The van der Waals surface area contributed by atoms with E-state index >= 15 is 0 Å². The Bertz CT molecular complexity index is 167. The zero-order valence-corrected chi connectivity index (χ0v) is 4.92. The highest BCUT2D eigenvalue weighted by Crippen LogP contribution is 1.81. The van der Waals surface area contributed by atoms with Gasteiger partial charge in [-0.05, 0) is 6.92 Å². The molecule has 4 heteroatoms. The molecule has 0 unspecified atom stereocenters. The molecule has 0 aromatic heterocycles. The fourth-order valence-electron chi connectivity index (χ4n) is 0.269. The summed E-state index contributed by atoms with van der Waals surface area (Å²) in [6.07, 6.45) is 0.863. The first-order valence-corrected chi connectivity index (χ1v) is 2.25. The van der Waals surface area contributed by atoms with Crippen molar-refractivity contribution in [3.63, 3.8) is 0 Å². The van der Waals surface area contributed by atoms with Crippen LogP contribution in [0.25, 0.3) is 0 Å². The third kappa shape index (κ3) is 3.28. The number of carboxylic acids is 1. The molecule has 0 aromatic rings. The van der Waals surface area contributed by atoms with Gasteiger partial charge in [-0.2, -0.15) is 0 Å². The van der Waals surface area contributed by atoms with Gasteiger partial charge in [-0.3, -0.25) is 4.79 Å². The van der Waals surface area contributed by atoms with Crippen molar-refractivity contribution in [2.75, 3.05) is 0 Å². The molecule has 0 heterocycles. The Kier molecular flexibility index (Phi) is 2.44. The quantitative estimate of drug-likeness (QED) is 0.389. The van der Waals surface area contributed by atoms with Crippen LogP contribution in [0.15, 0.2) is 11.8 Å². The minimum absolute atomic E-state index is 0.197. The first kappa shape index (κ1) is 7.68. The van der Waals surface area contributed by atoms with Crippen LogP contribution in [0, 0.1) is 0 Å². The fraction of sp³-hybridized carbons (Fsp3) is 0.200. The summed E-state index contributed by atoms with van der Waals surface area (Å²) >= 11 is 0. The first-order chi connectivity index (χ1) is 4.04. The summed E-state index contributed by atoms with van der Waals surface area (Å²) in [6.45, 7) is 1.45. The van der Waals surface area contributed by atoms with Gasteiger partial charge in [0.05, 0.1) is 0 Å². The molecule has 0 radical (unpaired) electrons. The smallest absolute Gasteiger partial charge is 0.376 e. The van der Waals surface area contributed by atoms with E-state index in [0.717, 1.165) is 6.08 Å². The summed E-state index contributed by atoms with van der Waals surface area (Å²) in [5.74, 6) is -2.48. The summed E-state index contributed by atoms with van der Waals surface area (Å²) in [7, 11) is 0. The predicted octanol–water partition coefficient (Wildman–Crippen LogP) is -0.497. The van der Waals surface area contributed by atoms with Crippen molar-refractivity contribution >= 4 is 11.8 Å². The molecule has 4 nitrogen and oxygen atoms in total. The Labute approximate surface area is 52.0 Å². The number of rotatable bonds is 2. The van der Waals surface area contributed by atoms with Crippen LogP contribution < -0.4 is 5.73 Å². The number of carbonyl (C=O) groups is 2. The molecule has 0 rings (SSSR count). The van der Waals surface area contributed by atoms with E-state index in [1.165, 1.54) is 6.92 Å². The third-order valence-electron chi connectivity index (χ3n) is 0.570. The second-order valence-electron chi connectivity index (χ2n) is 1.56. The lowest BCUT2D eigenvalue weighted by atomic mass is 10.3. The molecule has 3 N–H and O–H groups in total. The predicted molar refractivity (Wildman–Crippen MR) is 30.6 cm³/mol. The van der Waals surface area contributed by atoms with Crippen molar-refractivity contribution < 1.29 is 14.7 Å². The van der Waals surface area contributed by atoms with Gasteiger partial charge in [0, 0.05) is 11.8 Å². The van der Waals surface area contributed by atoms with Gasteiger partial charge < -0.3 is 10.8 Å². The monoisotopic (exact) mass is 129 g/mol. The molecule has 0 saturated heterocycles. The highest BCUT2D eigenvalue weighted by Gasteiger charge is 2.05. The third-order valence-corrected chi connectivity index (χ3v) is 0.570. The van der Waals surface area contributed by atoms with E-state index in [0.29, 0.717) is 0 Å². The van der Waals surface area contributed by atoms with Crippen molar-refractivity contribution in [1.29, 1.82) is 0 Å². The Morgan fingerprint density at radius 1 is 1.56 bits per heavy atom. The second kappa shape index (κ2) is 2.86. The maximum absolute atomic E-state index is 10.2. The summed E-state index contributed by atoms with van der Waals surface area (Å²) in [5, 5.41) is 7.98. The molecule has 0 aliphatic carbocycles. The lowest BCUT2D eigenvalue weighted by molar-refractivity contribution is -0.146. The molecule has 0 aliphatic rings. The van der Waals surface area contributed by atoms with Crippen LogP contribution in [0.2, 0.25) is 0 Å². The molecule has 0 aliphatic heterocycles. The zero-order chi connectivity index (χ0) is 7.44. The van der Waals surface area contributed by atoms with Crippen molar-refractivity contribution in [2.45, 2.75) is 6.92 Å². The SMILES string of the molecule is C/C(N)=C/C(=O)C(=O)O. The molecule has 0 bridgehead atoms. The summed E-state index contributed by atoms with van der Waals surface area (Å²) in [6, 6.07) is 0. The first-order valence-electron chi connectivity index (χ1n) is 2.25. The largest absolute Gasteiger partial charge is 0.475 e. The number of carboxylic acid groups (broad SMARTS) is 1. The van der Waals surface area contributed by atoms with Crippen LogP contribution in [0.1, 0.15) is 6.92 Å². The van der Waals surface area contributed by atoms with Gasteiger partial charge in [0.15, 0.2) is 0 Å². The van der Waals surface area contributed by atoms with Crippen LogP contribution in [0.4, 0.5) is 0 Å². The molecule has 0 amide bonds. The van der Waals surface area contributed by atoms with Gasteiger partial charge in [0.1, 0.15) is 0 Å². The molecule has 0 atom stereocenters. The summed E-state index contributed by atoms with van der Waals surface area (Å²) < 4.78 is 0. The highest BCUT2D eigenvalue weighted by atomic mass is 16.4. The lowest BCUT2D eigenvalue weighted by Gasteiger charge is -1.85. The van der Waals surface area contributed by atoms with E-state index in [4.69, 9.17) is 10.8 Å². The fourth-order valence-corrected chi connectivity index (χ4v) is 0.269. The Morgan fingerprint density at radius 3 is 2.11 bits per heavy atom. The Morgan fingerprint density at radius 2 is 2.00 bits per heavy atom. The summed E-state index contributed by atoms with van der Waals surface area (Å²) in [5.41, 5.74) is 5.20. The maximum atomic E-state index is 10.2. The molecule has 9 heavy (non-hydrogen) atoms. The normalized spacial score (nSPS) is 11.0. The van der Waals surface area contributed by atoms with Crippen molar-refractivity contribution in [2.24, 2.45) is 5.73 Å². The van der Waals surface area contributed by atoms with Crippen molar-refractivity contribution in [3.05, 3.63) is 11.8 Å². The van der Waals surface area contributed by atoms with E-state index in [1.807, 2.05) is 0 Å². The van der Waals surface area contributed by atoms with Gasteiger partial charge in [0.2, 0.25) is 0 Å². The molecule has 0 spiro atoms. The Balaban J connectivity index is 4.09. The van der Waals surface area contributed by atoms with E-state index in [2.05, 4.69) is 0 Å². The van der Waals surface area contributed by atoms with Crippen LogP contribution in [0.3, 0.4) is 0 Å². The van der Waals surface area contributed by atoms with E-state index < -0.39 is 11.8 Å². The molecular weight excluding hydrogens is 122 g/mol. The zero-order valence-electron chi connectivity index (χ0n) is 4.92. The van der Waals surface area contributed by atoms with Crippen LogP contribution in [-0.2, 0) is 9.59 Å². The van der Waals surface area contributed by atoms with Crippen molar-refractivity contribution in [1.82, 2.24) is 0 Å². The van der Waals surface area contributed by atoms with Gasteiger partial charge in [-0.1, -0.05) is 0 Å². The lowest BCUT2D eigenvalue weighted by Crippen LogP contribution is -2.10. The number of ketones is 1. The van der Waals surface area contributed by atoms with Crippen LogP contribution in [0.5, 0.6) is 0 Å². The summed E-state index contributed by atoms with van der Waals surface area (Å²) in [4.78, 5) is 20.0. The Hall–Kier alpha value is -1.32. The van der Waals surface area contributed by atoms with Crippen LogP contribution >= 0.6 is 0 Å². The molecule has 50 valence electrons. The molecule has 0 fully saturated rings. The number of allylic oxidation sites excluding steroid dienone is 1. The van der Waals surface area contributed by atoms with E-state index in [-0.39, 0.29) is 5.70 Å². The number of hydrogen-bond acceptors (Lipinski definition) is 3. The standard InChI is InChI=1S/C5H7NO3/c1-3(6)2-4(7)5(8)9/h2H,6H2,1H3,(H,8,9)/b3-2-. The van der Waals surface area contributed by atoms with Gasteiger partial charge in [-0.25, -0.2) is 4.79 Å². The van der Waals surface area contributed by atoms with Crippen molar-refractivity contribution in [3.8, 4) is 0 Å². The molecule has 0 aromatic carbocycles. The maximum Gasteiger partial charge on any atom is 0.376 e. The van der Waals surface area contributed by atoms with Gasteiger partial charge in [-0.15, -0.1) is 0 Å². The molecule has 0 saturated carbocycles. The minimum atomic E-state index is -1.49. The molecular formula is C5H7NO3. The topological polar surface area (TPSA) is 80.4 Å². The second-order valence-corrected chi connectivity index (χ2v) is 1.56. The van der Waals surface area contributed by atoms with Crippen LogP contribution in [-0.4, -0.2) is 16.9 Å². The number of carbonyl (C=O) groups excluding carboxylic acids is 1. The number of aliphatic carboxylic acids is 1. The minimum Gasteiger partial charge on any atom is -0.475 e. The average Bonchev–Trinajstić information content (AvgIpc) is 1.63. The average molecular weight is 129 g/mol. The van der Waals surface area contributed by atoms with E-state index in [1.54, 1.807) is 0 Å². The van der Waals surface area contributed by atoms with E-state index in [9.17, 15) is 9.59 Å². The number of hydrogen-bond donors (Lipinski definition) is 2. The highest BCUT2D eigenvalue weighted by molar-refractivity contribution is 6.37. The van der Waals surface area contributed by atoms with Gasteiger partial charge >= 0.3 is 5.97 Å². The van der Waals surface area contributed by atoms with Gasteiger partial charge in [0.25, 0.3) is 5.78 Å². The number of nitrogens with two attached hydrogens (primary N) is 1.